The number of methoxy groups -OCH3 is 1. The van der Waals surface area contributed by atoms with Crippen molar-refractivity contribution in [2.75, 3.05) is 7.11 Å². The highest BCUT2D eigenvalue weighted by Crippen LogP contribution is 2.36. The van der Waals surface area contributed by atoms with Crippen molar-refractivity contribution in [1.82, 2.24) is 0 Å². The Bertz CT molecular complexity index is 449. The lowest BCUT2D eigenvalue weighted by Crippen LogP contribution is -1.87. The quantitative estimate of drug-likeness (QED) is 0.803. The van der Waals surface area contributed by atoms with Crippen molar-refractivity contribution in [3.63, 3.8) is 0 Å². The van der Waals surface area contributed by atoms with Gasteiger partial charge >= 0.3 is 0 Å². The Morgan fingerprint density at radius 3 is 2.73 bits per heavy atom. The van der Waals surface area contributed by atoms with E-state index < -0.39 is 0 Å². The largest absolute Gasteiger partial charge is 0.507 e. The summed E-state index contributed by atoms with van der Waals surface area (Å²) in [6.07, 6.45) is 0. The Labute approximate surface area is 88.8 Å². The van der Waals surface area contributed by atoms with Crippen molar-refractivity contribution >= 4 is 0 Å². The van der Waals surface area contributed by atoms with Crippen molar-refractivity contribution in [3.05, 3.63) is 48.5 Å². The van der Waals surface area contributed by atoms with Gasteiger partial charge in [0, 0.05) is 5.56 Å². The lowest BCUT2D eigenvalue weighted by Gasteiger charge is -2.08. The summed E-state index contributed by atoms with van der Waals surface area (Å²) in [5.41, 5.74) is 1.42. The Kier molecular flexibility index (Phi) is 2.47. The number of hydrogen-bond acceptors (Lipinski definition) is 2. The minimum Gasteiger partial charge on any atom is -0.507 e. The number of aromatic hydroxyl groups is 1. The molecule has 0 aliphatic carbocycles. The van der Waals surface area contributed by atoms with Gasteiger partial charge in [-0.1, -0.05) is 24.3 Å². The van der Waals surface area contributed by atoms with Gasteiger partial charge in [0.05, 0.1) is 12.7 Å². The molecule has 0 aromatic heterocycles. The van der Waals surface area contributed by atoms with E-state index >= 15 is 0 Å². The Balaban J connectivity index is 2.61. The van der Waals surface area contributed by atoms with Gasteiger partial charge < -0.3 is 9.84 Å². The maximum atomic E-state index is 9.76. The highest BCUT2D eigenvalue weighted by Gasteiger charge is 2.09. The topological polar surface area (TPSA) is 29.5 Å². The van der Waals surface area contributed by atoms with E-state index in [1.54, 1.807) is 31.4 Å². The number of hydrogen-bond donors (Lipinski definition) is 1. The summed E-state index contributed by atoms with van der Waals surface area (Å²) in [6, 6.07) is 16.4. The van der Waals surface area contributed by atoms with Gasteiger partial charge in [-0.3, -0.25) is 0 Å². The van der Waals surface area contributed by atoms with Crippen molar-refractivity contribution in [2.45, 2.75) is 0 Å². The monoisotopic (exact) mass is 198 g/mol. The maximum Gasteiger partial charge on any atom is 0.131 e. The number of benzene rings is 1. The van der Waals surface area contributed by atoms with Crippen LogP contribution in [-0.2, 0) is 0 Å². The molecule has 1 N–H and O–H groups in total. The molecule has 0 saturated carbocycles. The van der Waals surface area contributed by atoms with Gasteiger partial charge in [0.1, 0.15) is 11.5 Å². The first-order valence-corrected chi connectivity index (χ1v) is 4.57. The van der Waals surface area contributed by atoms with Crippen LogP contribution in [0.15, 0.2) is 36.4 Å². The molecule has 0 atom stereocenters. The molecule has 2 heteroatoms. The molecule has 15 heavy (non-hydrogen) atoms. The minimum atomic E-state index is 0.185. The zero-order chi connectivity index (χ0) is 10.7. The van der Waals surface area contributed by atoms with Crippen molar-refractivity contribution in [3.8, 4) is 22.6 Å². The normalized spacial score (nSPS) is 9.40. The van der Waals surface area contributed by atoms with E-state index in [9.17, 15) is 5.11 Å². The third kappa shape index (κ3) is 1.72. The van der Waals surface area contributed by atoms with Crippen LogP contribution in [-0.4, -0.2) is 12.2 Å². The molecule has 2 nitrogen and oxygen atoms in total. The molecule has 0 aliphatic heterocycles. The number of ether oxygens (including phenoxy) is 1. The molecule has 0 radical (unpaired) electrons. The highest BCUT2D eigenvalue weighted by atomic mass is 16.5. The number of phenolic OH excluding ortho intramolecular Hbond substituents is 1. The van der Waals surface area contributed by atoms with E-state index in [0.717, 1.165) is 5.56 Å². The van der Waals surface area contributed by atoms with Gasteiger partial charge in [-0.25, -0.2) is 0 Å². The Hall–Kier alpha value is -2.14. The van der Waals surface area contributed by atoms with Crippen molar-refractivity contribution in [2.24, 2.45) is 0 Å². The second kappa shape index (κ2) is 3.93. The smallest absolute Gasteiger partial charge is 0.131 e. The summed E-state index contributed by atoms with van der Waals surface area (Å²) in [5, 5.41) is 9.76. The maximum absolute atomic E-state index is 9.76. The minimum absolute atomic E-state index is 0.185. The Morgan fingerprint density at radius 1 is 1.20 bits per heavy atom. The lowest BCUT2D eigenvalue weighted by molar-refractivity contribution is 0.410. The fourth-order valence-corrected chi connectivity index (χ4v) is 1.46. The van der Waals surface area contributed by atoms with Gasteiger partial charge in [-0.2, -0.15) is 0 Å². The molecule has 0 saturated heterocycles. The number of phenols is 1. The van der Waals surface area contributed by atoms with E-state index in [4.69, 9.17) is 4.74 Å². The summed E-state index contributed by atoms with van der Waals surface area (Å²) in [4.78, 5) is 0. The van der Waals surface area contributed by atoms with Gasteiger partial charge in [0.2, 0.25) is 0 Å². The second-order valence-electron chi connectivity index (χ2n) is 3.06. The third-order valence-electron chi connectivity index (χ3n) is 2.14. The molecule has 0 unspecified atom stereocenters. The fourth-order valence-electron chi connectivity index (χ4n) is 1.46. The van der Waals surface area contributed by atoms with Crippen LogP contribution in [0.5, 0.6) is 11.5 Å². The summed E-state index contributed by atoms with van der Waals surface area (Å²) in [5.74, 6) is 0.816. The zero-order valence-corrected chi connectivity index (χ0v) is 8.32. The van der Waals surface area contributed by atoms with Crippen LogP contribution in [0.25, 0.3) is 11.1 Å². The van der Waals surface area contributed by atoms with Crippen LogP contribution in [0.1, 0.15) is 0 Å². The van der Waals surface area contributed by atoms with Gasteiger partial charge in [-0.05, 0) is 24.3 Å². The first kappa shape index (κ1) is 9.42. The first-order valence-electron chi connectivity index (χ1n) is 4.57. The van der Waals surface area contributed by atoms with E-state index in [1.165, 1.54) is 0 Å². The molecule has 0 fully saturated rings. The average molecular weight is 198 g/mol. The molecule has 2 rings (SSSR count). The predicted octanol–water partition coefficient (Wildman–Crippen LogP) is 2.67. The van der Waals surface area contributed by atoms with Crippen molar-refractivity contribution in [1.29, 1.82) is 0 Å². The van der Waals surface area contributed by atoms with Crippen LogP contribution in [0.4, 0.5) is 0 Å². The fraction of sp³-hybridized carbons (Fsp3) is 0.0769. The van der Waals surface area contributed by atoms with Crippen LogP contribution >= 0.6 is 0 Å². The molecule has 2 aromatic carbocycles. The summed E-state index contributed by atoms with van der Waals surface area (Å²) < 4.78 is 5.19. The molecule has 74 valence electrons. The van der Waals surface area contributed by atoms with Crippen LogP contribution < -0.4 is 4.74 Å². The van der Waals surface area contributed by atoms with E-state index in [2.05, 4.69) is 12.1 Å². The zero-order valence-electron chi connectivity index (χ0n) is 8.32. The molecule has 0 spiro atoms. The molecular weight excluding hydrogens is 188 g/mol. The third-order valence-corrected chi connectivity index (χ3v) is 2.14. The SMILES string of the molecule is COc1cccc(O)c1-c1c#cccc1. The molecular formula is C13H10O2. The molecule has 2 aromatic rings. The van der Waals surface area contributed by atoms with E-state index in [0.29, 0.717) is 11.3 Å². The van der Waals surface area contributed by atoms with Crippen LogP contribution in [0, 0.1) is 12.1 Å². The van der Waals surface area contributed by atoms with Gasteiger partial charge in [0.15, 0.2) is 0 Å². The first-order chi connectivity index (χ1) is 7.33. The van der Waals surface area contributed by atoms with Crippen LogP contribution in [0.3, 0.4) is 0 Å². The van der Waals surface area contributed by atoms with Gasteiger partial charge in [0.25, 0.3) is 0 Å². The standard InChI is InChI=1S/C13H10O2/c1-15-12-9-5-8-11(14)13(12)10-6-3-2-4-7-10/h2-3,5-6,8-9,14H,1H3. The summed E-state index contributed by atoms with van der Waals surface area (Å²) in [6.45, 7) is 0. The summed E-state index contributed by atoms with van der Waals surface area (Å²) >= 11 is 0. The molecule has 0 bridgehead atoms. The van der Waals surface area contributed by atoms with E-state index in [-0.39, 0.29) is 5.75 Å². The van der Waals surface area contributed by atoms with Gasteiger partial charge in [-0.15, -0.1) is 0 Å². The van der Waals surface area contributed by atoms with E-state index in [1.807, 2.05) is 12.1 Å². The highest BCUT2D eigenvalue weighted by molar-refractivity contribution is 5.75. The average Bonchev–Trinajstić information content (AvgIpc) is 2.29. The second-order valence-corrected chi connectivity index (χ2v) is 3.06. The van der Waals surface area contributed by atoms with Crippen LogP contribution in [0.2, 0.25) is 0 Å². The predicted molar refractivity (Wildman–Crippen MR) is 57.8 cm³/mol. The molecule has 0 heterocycles. The number of rotatable bonds is 2. The molecule has 0 amide bonds. The lowest BCUT2D eigenvalue weighted by atomic mass is 10.1. The van der Waals surface area contributed by atoms with Crippen molar-refractivity contribution < 1.29 is 9.84 Å². The summed E-state index contributed by atoms with van der Waals surface area (Å²) in [7, 11) is 1.57. The molecule has 0 aliphatic rings. The Morgan fingerprint density at radius 2 is 2.07 bits per heavy atom.